The molecule has 0 fully saturated rings. The highest BCUT2D eigenvalue weighted by Gasteiger charge is 2.17. The van der Waals surface area contributed by atoms with Gasteiger partial charge in [-0.1, -0.05) is 44.0 Å². The first-order chi connectivity index (χ1) is 15.3. The van der Waals surface area contributed by atoms with E-state index in [9.17, 15) is 19.5 Å². The van der Waals surface area contributed by atoms with Crippen LogP contribution in [0.4, 0.5) is 11.4 Å². The summed E-state index contributed by atoms with van der Waals surface area (Å²) in [7, 11) is 0. The van der Waals surface area contributed by atoms with Gasteiger partial charge in [0.15, 0.2) is 0 Å². The topological polar surface area (TPSA) is 120 Å². The van der Waals surface area contributed by atoms with E-state index in [1.165, 1.54) is 24.4 Å². The highest BCUT2D eigenvalue weighted by molar-refractivity contribution is 9.10. The number of halogens is 2. The van der Waals surface area contributed by atoms with Gasteiger partial charge in [0.2, 0.25) is 0 Å². The number of benzene rings is 3. The van der Waals surface area contributed by atoms with Crippen LogP contribution in [-0.2, 0) is 9.59 Å². The number of nitrogens with zero attached hydrogens (tertiary/aromatic N) is 1. The third-order valence-corrected chi connectivity index (χ3v) is 5.11. The molecule has 0 bridgehead atoms. The molecule has 0 heterocycles. The van der Waals surface area contributed by atoms with Crippen molar-refractivity contribution < 1.29 is 19.5 Å². The minimum Gasteiger partial charge on any atom is -0.507 e. The number of anilines is 2. The summed E-state index contributed by atoms with van der Waals surface area (Å²) in [6.07, 6.45) is 1.20. The Kier molecular flexibility index (Phi) is 7.74. The van der Waals surface area contributed by atoms with Crippen LogP contribution in [0.3, 0.4) is 0 Å². The second-order valence-electron chi connectivity index (χ2n) is 6.36. The first-order valence-electron chi connectivity index (χ1n) is 9.12. The highest BCUT2D eigenvalue weighted by atomic mass is 79.9. The second-order valence-corrected chi connectivity index (χ2v) is 8.19. The van der Waals surface area contributed by atoms with Crippen LogP contribution < -0.4 is 16.1 Å². The fourth-order valence-corrected chi connectivity index (χ4v) is 3.18. The molecule has 162 valence electrons. The van der Waals surface area contributed by atoms with Gasteiger partial charge in [0.1, 0.15) is 5.75 Å². The normalized spacial score (nSPS) is 10.6. The number of hydrazone groups is 1. The molecule has 10 heteroatoms. The Morgan fingerprint density at radius 2 is 1.53 bits per heavy atom. The maximum atomic E-state index is 12.6. The average molecular weight is 560 g/mol. The number of aromatic hydroxyl groups is 1. The van der Waals surface area contributed by atoms with Crippen LogP contribution in [-0.4, -0.2) is 29.0 Å². The van der Waals surface area contributed by atoms with Crippen LogP contribution in [0.15, 0.2) is 80.8 Å². The SMILES string of the molecule is O=C(N/N=C\c1cc(Br)ccc1O)C(=O)Nc1ccccc1C(=O)Nc1ccc(Br)cc1. The van der Waals surface area contributed by atoms with E-state index in [1.807, 2.05) is 0 Å². The molecule has 32 heavy (non-hydrogen) atoms. The number of rotatable bonds is 5. The molecule has 0 radical (unpaired) electrons. The van der Waals surface area contributed by atoms with Gasteiger partial charge in [0, 0.05) is 20.2 Å². The molecular weight excluding hydrogens is 544 g/mol. The number of phenolic OH excluding ortho intramolecular Hbond substituents is 1. The highest BCUT2D eigenvalue weighted by Crippen LogP contribution is 2.20. The molecule has 4 N–H and O–H groups in total. The molecule has 3 aromatic rings. The van der Waals surface area contributed by atoms with E-state index < -0.39 is 17.7 Å². The van der Waals surface area contributed by atoms with E-state index in [2.05, 4.69) is 53.0 Å². The largest absolute Gasteiger partial charge is 0.507 e. The van der Waals surface area contributed by atoms with Crippen molar-refractivity contribution in [3.63, 3.8) is 0 Å². The predicted octanol–water partition coefficient (Wildman–Crippen LogP) is 4.26. The summed E-state index contributed by atoms with van der Waals surface area (Å²) >= 11 is 6.58. The zero-order chi connectivity index (χ0) is 23.1. The summed E-state index contributed by atoms with van der Waals surface area (Å²) in [5.74, 6) is -2.54. The molecular formula is C22H16Br2N4O4. The molecule has 0 aliphatic rings. The molecule has 0 aliphatic heterocycles. The number of amides is 3. The van der Waals surface area contributed by atoms with Gasteiger partial charge in [-0.3, -0.25) is 14.4 Å². The second kappa shape index (κ2) is 10.7. The van der Waals surface area contributed by atoms with Gasteiger partial charge in [-0.25, -0.2) is 5.43 Å². The van der Waals surface area contributed by atoms with Gasteiger partial charge in [-0.05, 0) is 54.6 Å². The molecule has 0 aromatic heterocycles. The van der Waals surface area contributed by atoms with Crippen molar-refractivity contribution in [1.29, 1.82) is 0 Å². The standard InChI is InChI=1S/C22H16Br2N4O4/c23-14-5-8-16(9-6-14)26-20(30)17-3-1-2-4-18(17)27-21(31)22(32)28-25-12-13-11-15(24)7-10-19(13)29/h1-12,29H,(H,26,30)(H,27,31)(H,28,32)/b25-12-. The number of nitrogens with one attached hydrogen (secondary N) is 3. The molecule has 3 amide bonds. The van der Waals surface area contributed by atoms with Crippen molar-refractivity contribution in [1.82, 2.24) is 5.43 Å². The Labute approximate surface area is 200 Å². The summed E-state index contributed by atoms with van der Waals surface area (Å²) < 4.78 is 1.57. The van der Waals surface area contributed by atoms with Crippen LogP contribution in [0, 0.1) is 0 Å². The van der Waals surface area contributed by atoms with Crippen molar-refractivity contribution in [2.75, 3.05) is 10.6 Å². The zero-order valence-corrected chi connectivity index (χ0v) is 19.5. The van der Waals surface area contributed by atoms with Crippen LogP contribution >= 0.6 is 31.9 Å². The lowest BCUT2D eigenvalue weighted by Crippen LogP contribution is -2.33. The minimum absolute atomic E-state index is 0.0404. The summed E-state index contributed by atoms with van der Waals surface area (Å²) in [6, 6.07) is 18.0. The number of hydrogen-bond acceptors (Lipinski definition) is 5. The van der Waals surface area contributed by atoms with Gasteiger partial charge in [-0.15, -0.1) is 0 Å². The smallest absolute Gasteiger partial charge is 0.329 e. The Balaban J connectivity index is 1.65. The summed E-state index contributed by atoms with van der Waals surface area (Å²) in [4.78, 5) is 37.0. The molecule has 0 atom stereocenters. The maximum absolute atomic E-state index is 12.6. The van der Waals surface area contributed by atoms with Gasteiger partial charge in [-0.2, -0.15) is 5.10 Å². The molecule has 0 spiro atoms. The van der Waals surface area contributed by atoms with Gasteiger partial charge in [0.05, 0.1) is 17.5 Å². The average Bonchev–Trinajstić information content (AvgIpc) is 2.78. The molecule has 3 rings (SSSR count). The minimum atomic E-state index is -1.04. The number of carbonyl (C=O) groups excluding carboxylic acids is 3. The molecule has 0 saturated carbocycles. The van der Waals surface area contributed by atoms with E-state index in [1.54, 1.807) is 48.5 Å². The molecule has 0 saturated heterocycles. The van der Waals surface area contributed by atoms with E-state index >= 15 is 0 Å². The Bertz CT molecular complexity index is 1200. The predicted molar refractivity (Wildman–Crippen MR) is 129 cm³/mol. The first-order valence-corrected chi connectivity index (χ1v) is 10.7. The zero-order valence-electron chi connectivity index (χ0n) is 16.3. The van der Waals surface area contributed by atoms with Crippen LogP contribution in [0.25, 0.3) is 0 Å². The fourth-order valence-electron chi connectivity index (χ4n) is 2.54. The number of para-hydroxylation sites is 1. The number of carbonyl (C=O) groups is 3. The maximum Gasteiger partial charge on any atom is 0.329 e. The van der Waals surface area contributed by atoms with E-state index in [0.29, 0.717) is 15.7 Å². The third-order valence-electron chi connectivity index (χ3n) is 4.09. The number of phenols is 1. The van der Waals surface area contributed by atoms with Crippen molar-refractivity contribution in [3.05, 3.63) is 86.8 Å². The Morgan fingerprint density at radius 1 is 0.844 bits per heavy atom. The molecule has 3 aromatic carbocycles. The van der Waals surface area contributed by atoms with E-state index in [-0.39, 0.29) is 17.0 Å². The van der Waals surface area contributed by atoms with Gasteiger partial charge < -0.3 is 15.7 Å². The van der Waals surface area contributed by atoms with E-state index in [4.69, 9.17) is 0 Å². The van der Waals surface area contributed by atoms with Crippen molar-refractivity contribution in [2.45, 2.75) is 0 Å². The van der Waals surface area contributed by atoms with Gasteiger partial charge >= 0.3 is 11.8 Å². The fraction of sp³-hybridized carbons (Fsp3) is 0. The number of hydrogen-bond donors (Lipinski definition) is 4. The quantitative estimate of drug-likeness (QED) is 0.212. The Hall–Kier alpha value is -3.50. The monoisotopic (exact) mass is 558 g/mol. The van der Waals surface area contributed by atoms with Crippen LogP contribution in [0.5, 0.6) is 5.75 Å². The summed E-state index contributed by atoms with van der Waals surface area (Å²) in [6.45, 7) is 0. The Morgan fingerprint density at radius 3 is 2.28 bits per heavy atom. The van der Waals surface area contributed by atoms with Crippen molar-refractivity contribution >= 4 is 67.2 Å². The van der Waals surface area contributed by atoms with Gasteiger partial charge in [0.25, 0.3) is 5.91 Å². The molecule has 0 aliphatic carbocycles. The van der Waals surface area contributed by atoms with Crippen LogP contribution in [0.1, 0.15) is 15.9 Å². The first kappa shape index (κ1) is 23.2. The van der Waals surface area contributed by atoms with E-state index in [0.717, 1.165) is 4.47 Å². The molecule has 0 unspecified atom stereocenters. The lowest BCUT2D eigenvalue weighted by molar-refractivity contribution is -0.136. The van der Waals surface area contributed by atoms with Crippen molar-refractivity contribution in [3.8, 4) is 5.75 Å². The summed E-state index contributed by atoms with van der Waals surface area (Å²) in [5, 5.41) is 18.6. The van der Waals surface area contributed by atoms with Crippen molar-refractivity contribution in [2.24, 2.45) is 5.10 Å². The lowest BCUT2D eigenvalue weighted by Gasteiger charge is -2.11. The summed E-state index contributed by atoms with van der Waals surface area (Å²) in [5.41, 5.74) is 3.34. The lowest BCUT2D eigenvalue weighted by atomic mass is 10.1. The van der Waals surface area contributed by atoms with Crippen LogP contribution in [0.2, 0.25) is 0 Å². The third kappa shape index (κ3) is 6.25. The molecule has 8 nitrogen and oxygen atoms in total.